The number of hydrogen-bond acceptors (Lipinski definition) is 5. The van der Waals surface area contributed by atoms with E-state index in [0.717, 1.165) is 7.11 Å². The van der Waals surface area contributed by atoms with Gasteiger partial charge in [-0.1, -0.05) is 18.7 Å². The first-order chi connectivity index (χ1) is 8.52. The maximum absolute atomic E-state index is 12.1. The van der Waals surface area contributed by atoms with Gasteiger partial charge >= 0.3 is 5.97 Å². The van der Waals surface area contributed by atoms with Crippen LogP contribution in [0.5, 0.6) is 0 Å². The van der Waals surface area contributed by atoms with Crippen molar-refractivity contribution in [2.24, 2.45) is 0 Å². The van der Waals surface area contributed by atoms with Crippen LogP contribution in [0.2, 0.25) is 0 Å². The molecular weight excluding hydrogens is 258 g/mol. The van der Waals surface area contributed by atoms with E-state index in [9.17, 15) is 14.2 Å². The van der Waals surface area contributed by atoms with Crippen LogP contribution >= 0.6 is 0 Å². The summed E-state index contributed by atoms with van der Waals surface area (Å²) < 4.78 is 16.5. The van der Waals surface area contributed by atoms with Crippen molar-refractivity contribution in [3.8, 4) is 0 Å². The fourth-order valence-corrected chi connectivity index (χ4v) is 2.36. The Morgan fingerprint density at radius 2 is 2.17 bits per heavy atom. The van der Waals surface area contributed by atoms with Crippen LogP contribution in [0.15, 0.2) is 46.4 Å². The van der Waals surface area contributed by atoms with Crippen LogP contribution in [0.25, 0.3) is 0 Å². The second-order valence-corrected chi connectivity index (χ2v) is 4.45. The van der Waals surface area contributed by atoms with Gasteiger partial charge in [-0.2, -0.15) is 5.23 Å². The van der Waals surface area contributed by atoms with E-state index >= 15 is 0 Å². The van der Waals surface area contributed by atoms with Crippen molar-refractivity contribution in [1.29, 1.82) is 0 Å². The molecule has 0 aliphatic heterocycles. The number of benzene rings is 1. The lowest BCUT2D eigenvalue weighted by atomic mass is 10.3. The zero-order valence-corrected chi connectivity index (χ0v) is 10.3. The van der Waals surface area contributed by atoms with Crippen molar-refractivity contribution in [2.45, 2.75) is 4.90 Å². The smallest absolute Gasteiger partial charge is 0.355 e. The van der Waals surface area contributed by atoms with E-state index in [0.29, 0.717) is 0 Å². The Hall–Kier alpha value is -1.76. The van der Waals surface area contributed by atoms with E-state index in [1.807, 2.05) is 0 Å². The lowest BCUT2D eigenvalue weighted by Gasteiger charge is -2.14. The van der Waals surface area contributed by atoms with E-state index < -0.39 is 22.0 Å². The van der Waals surface area contributed by atoms with E-state index in [1.165, 1.54) is 24.3 Å². The monoisotopic (exact) mass is 269 g/mol. The lowest BCUT2D eigenvalue weighted by molar-refractivity contribution is -0.992. The van der Waals surface area contributed by atoms with Gasteiger partial charge in [0.05, 0.1) is 7.11 Å². The summed E-state index contributed by atoms with van der Waals surface area (Å²) >= 11 is 0. The van der Waals surface area contributed by atoms with Gasteiger partial charge in [0.25, 0.3) is 0 Å². The summed E-state index contributed by atoms with van der Waals surface area (Å²) in [6.45, 7) is 3.25. The molecule has 0 radical (unpaired) electrons. The third kappa shape index (κ3) is 2.92. The van der Waals surface area contributed by atoms with E-state index in [4.69, 9.17) is 5.21 Å². The number of methoxy groups -OCH3 is 1. The molecule has 7 heteroatoms. The van der Waals surface area contributed by atoms with Crippen molar-refractivity contribution < 1.29 is 24.2 Å². The average molecular weight is 269 g/mol. The quantitative estimate of drug-likeness (QED) is 0.348. The van der Waals surface area contributed by atoms with Crippen LogP contribution in [-0.2, 0) is 20.3 Å². The van der Waals surface area contributed by atoms with Crippen LogP contribution in [0.3, 0.4) is 0 Å². The number of nitrogens with one attached hydrogen (secondary N) is 1. The zero-order chi connectivity index (χ0) is 13.7. The summed E-state index contributed by atoms with van der Waals surface area (Å²) in [5, 5.41) is 18.7. The van der Waals surface area contributed by atoms with E-state index in [2.05, 4.69) is 17.0 Å². The van der Waals surface area contributed by atoms with E-state index in [-0.39, 0.29) is 15.5 Å². The van der Waals surface area contributed by atoms with Crippen molar-refractivity contribution in [3.05, 3.63) is 46.7 Å². The van der Waals surface area contributed by atoms with Gasteiger partial charge in [0.1, 0.15) is 15.7 Å². The number of quaternary nitrogens is 1. The fourth-order valence-electron chi connectivity index (χ4n) is 1.22. The molecule has 1 rings (SSSR count). The molecule has 1 aromatic rings. The molecule has 6 nitrogen and oxygen atoms in total. The van der Waals surface area contributed by atoms with Crippen LogP contribution in [0, 0.1) is 5.21 Å². The third-order valence-corrected chi connectivity index (χ3v) is 3.47. The predicted molar refractivity (Wildman–Crippen MR) is 63.3 cm³/mol. The first-order valence-electron chi connectivity index (χ1n) is 4.75. The molecule has 2 unspecified atom stereocenters. The van der Waals surface area contributed by atoms with Crippen molar-refractivity contribution >= 4 is 22.5 Å². The number of ether oxygens (including phenoxy) is 1. The average Bonchev–Trinajstić information content (AvgIpc) is 2.39. The Morgan fingerprint density at radius 1 is 1.56 bits per heavy atom. The highest BCUT2D eigenvalue weighted by molar-refractivity contribution is 7.90. The molecule has 1 aromatic carbocycles. The highest BCUT2D eigenvalue weighted by atomic mass is 32.2. The summed E-state index contributed by atoms with van der Waals surface area (Å²) in [5.74, 6) is -0.858. The largest absolute Gasteiger partial charge is 0.595 e. The van der Waals surface area contributed by atoms with Crippen LogP contribution in [0.1, 0.15) is 0 Å². The topological polar surface area (TPSA) is 91.1 Å². The molecule has 18 heavy (non-hydrogen) atoms. The van der Waals surface area contributed by atoms with Crippen molar-refractivity contribution in [2.75, 3.05) is 7.11 Å². The molecule has 2 atom stereocenters. The molecule has 0 bridgehead atoms. The SMILES string of the molecule is C=C=C(C(=O)OC)S(=O)c1ccccc1[NH+]([O-])O. The molecule has 0 aliphatic rings. The van der Waals surface area contributed by atoms with E-state index in [1.54, 1.807) is 0 Å². The summed E-state index contributed by atoms with van der Waals surface area (Å²) in [7, 11) is -0.871. The summed E-state index contributed by atoms with van der Waals surface area (Å²) in [5.41, 5.74) is 2.07. The molecule has 96 valence electrons. The Morgan fingerprint density at radius 3 is 2.67 bits per heavy atom. The minimum Gasteiger partial charge on any atom is -0.595 e. The second kappa shape index (κ2) is 6.25. The third-order valence-electron chi connectivity index (χ3n) is 2.03. The molecule has 0 amide bonds. The zero-order valence-electron chi connectivity index (χ0n) is 9.50. The first-order valence-corrected chi connectivity index (χ1v) is 5.90. The van der Waals surface area contributed by atoms with Gasteiger partial charge in [0.2, 0.25) is 0 Å². The van der Waals surface area contributed by atoms with Crippen molar-refractivity contribution in [3.63, 3.8) is 0 Å². The number of rotatable bonds is 4. The normalized spacial score (nSPS) is 13.3. The second-order valence-electron chi connectivity index (χ2n) is 3.07. The van der Waals surface area contributed by atoms with Gasteiger partial charge < -0.3 is 9.94 Å². The van der Waals surface area contributed by atoms with Gasteiger partial charge in [-0.3, -0.25) is 0 Å². The molecule has 0 heterocycles. The molecule has 0 aliphatic carbocycles. The predicted octanol–water partition coefficient (Wildman–Crippen LogP) is 0.0394. The molecule has 0 spiro atoms. The molecule has 0 saturated heterocycles. The molecular formula is C11H11NO5S. The number of esters is 1. The van der Waals surface area contributed by atoms with Gasteiger partial charge in [0.15, 0.2) is 10.6 Å². The highest BCUT2D eigenvalue weighted by Gasteiger charge is 2.23. The molecule has 0 fully saturated rings. The Labute approximate surface area is 106 Å². The van der Waals surface area contributed by atoms with Crippen LogP contribution in [-0.4, -0.2) is 22.5 Å². The number of hydrogen-bond donors (Lipinski definition) is 2. The summed E-state index contributed by atoms with van der Waals surface area (Å²) in [4.78, 5) is 11.0. The Kier molecular flexibility index (Phi) is 4.96. The van der Waals surface area contributed by atoms with Gasteiger partial charge in [-0.15, -0.1) is 5.73 Å². The molecule has 2 N–H and O–H groups in total. The highest BCUT2D eigenvalue weighted by Crippen LogP contribution is 2.20. The number of para-hydroxylation sites is 1. The first kappa shape index (κ1) is 14.3. The van der Waals surface area contributed by atoms with Crippen LogP contribution in [0.4, 0.5) is 5.69 Å². The van der Waals surface area contributed by atoms with Crippen LogP contribution < -0.4 is 5.23 Å². The Bertz CT molecular complexity index is 534. The Balaban J connectivity index is 3.27. The maximum Gasteiger partial charge on any atom is 0.355 e. The fraction of sp³-hybridized carbons (Fsp3) is 0.0909. The molecule has 0 saturated carbocycles. The minimum atomic E-state index is -2.00. The minimum absolute atomic E-state index is 0.00144. The summed E-state index contributed by atoms with van der Waals surface area (Å²) in [6, 6.07) is 5.69. The van der Waals surface area contributed by atoms with Gasteiger partial charge in [-0.05, 0) is 6.07 Å². The number of carbonyl (C=O) groups excluding carboxylic acids is 1. The standard InChI is InChI=1S/C11H11NO5S/c1-3-9(11(13)17-2)18(16)10-7-5-4-6-8(10)12(14)15/h4-7,12,14H,1H2,2H3. The number of carbonyl (C=O) groups is 1. The molecule has 0 aromatic heterocycles. The maximum atomic E-state index is 12.1. The lowest BCUT2D eigenvalue weighted by Crippen LogP contribution is -2.99. The van der Waals surface area contributed by atoms with Gasteiger partial charge in [0, 0.05) is 6.07 Å². The van der Waals surface area contributed by atoms with Gasteiger partial charge in [-0.25, -0.2) is 14.2 Å². The summed E-state index contributed by atoms with van der Waals surface area (Å²) in [6.07, 6.45) is 0. The van der Waals surface area contributed by atoms with Crippen molar-refractivity contribution in [1.82, 2.24) is 0 Å².